The van der Waals surface area contributed by atoms with E-state index in [1.54, 1.807) is 0 Å². The molecule has 0 aliphatic carbocycles. The molecule has 0 saturated heterocycles. The predicted molar refractivity (Wildman–Crippen MR) is 49.2 cm³/mol. The van der Waals surface area contributed by atoms with Gasteiger partial charge in [-0.25, -0.2) is 9.97 Å². The highest BCUT2D eigenvalue weighted by Crippen LogP contribution is 2.16. The van der Waals surface area contributed by atoms with Crippen molar-refractivity contribution < 1.29 is 4.79 Å². The Morgan fingerprint density at radius 3 is 2.08 bits per heavy atom. The highest BCUT2D eigenvalue weighted by atomic mass is 16.1. The largest absolute Gasteiger partial charge is 0.366 e. The zero-order valence-electron chi connectivity index (χ0n) is 8.03. The maximum absolute atomic E-state index is 10.7. The minimum atomic E-state index is -0.500. The van der Waals surface area contributed by atoms with Gasteiger partial charge in [0.15, 0.2) is 0 Å². The quantitative estimate of drug-likeness (QED) is 0.695. The molecule has 0 fully saturated rings. The molecule has 0 radical (unpaired) electrons. The summed E-state index contributed by atoms with van der Waals surface area (Å²) in [6, 6.07) is 0. The minimum Gasteiger partial charge on any atom is -0.366 e. The Labute approximate surface area is 77.2 Å². The number of carbonyl (C=O) groups is 1. The Kier molecular flexibility index (Phi) is 2.32. The van der Waals surface area contributed by atoms with Crippen molar-refractivity contribution in [1.82, 2.24) is 9.97 Å². The SMILES string of the molecule is CC(C)(C)c1ncc(C(N)=O)cn1. The number of nitrogens with zero attached hydrogens (tertiary/aromatic N) is 2. The van der Waals surface area contributed by atoms with Gasteiger partial charge in [0.25, 0.3) is 5.91 Å². The summed E-state index contributed by atoms with van der Waals surface area (Å²) in [5, 5.41) is 0. The molecule has 1 aromatic rings. The van der Waals surface area contributed by atoms with Gasteiger partial charge in [-0.3, -0.25) is 4.79 Å². The van der Waals surface area contributed by atoms with Gasteiger partial charge in [-0.1, -0.05) is 20.8 Å². The molecule has 2 N–H and O–H groups in total. The number of carbonyl (C=O) groups excluding carboxylic acids is 1. The van der Waals surface area contributed by atoms with Gasteiger partial charge < -0.3 is 5.73 Å². The van der Waals surface area contributed by atoms with Gasteiger partial charge in [0.1, 0.15) is 5.82 Å². The van der Waals surface area contributed by atoms with E-state index in [2.05, 4.69) is 9.97 Å². The van der Waals surface area contributed by atoms with Crippen LogP contribution in [0.25, 0.3) is 0 Å². The summed E-state index contributed by atoms with van der Waals surface area (Å²) in [4.78, 5) is 18.8. The summed E-state index contributed by atoms with van der Waals surface area (Å²) in [5.74, 6) is 0.206. The second-order valence-electron chi connectivity index (χ2n) is 3.91. The Hall–Kier alpha value is -1.45. The second-order valence-corrected chi connectivity index (χ2v) is 3.91. The highest BCUT2D eigenvalue weighted by Gasteiger charge is 2.16. The molecule has 70 valence electrons. The van der Waals surface area contributed by atoms with Crippen LogP contribution in [-0.2, 0) is 5.41 Å². The fourth-order valence-electron chi connectivity index (χ4n) is 0.843. The van der Waals surface area contributed by atoms with Crippen molar-refractivity contribution in [2.24, 2.45) is 5.73 Å². The lowest BCUT2D eigenvalue weighted by molar-refractivity contribution is 0.0999. The third-order valence-electron chi connectivity index (χ3n) is 1.61. The van der Waals surface area contributed by atoms with Gasteiger partial charge in [0.05, 0.1) is 5.56 Å². The first-order chi connectivity index (χ1) is 5.91. The molecule has 0 aromatic carbocycles. The number of amides is 1. The maximum Gasteiger partial charge on any atom is 0.251 e. The Morgan fingerprint density at radius 1 is 1.31 bits per heavy atom. The molecule has 1 rings (SSSR count). The molecule has 0 bridgehead atoms. The lowest BCUT2D eigenvalue weighted by atomic mass is 9.96. The zero-order chi connectivity index (χ0) is 10.1. The molecule has 0 atom stereocenters. The number of hydrogen-bond acceptors (Lipinski definition) is 3. The summed E-state index contributed by atoms with van der Waals surface area (Å²) >= 11 is 0. The molecular weight excluding hydrogens is 166 g/mol. The third-order valence-corrected chi connectivity index (χ3v) is 1.61. The molecule has 1 aromatic heterocycles. The Balaban J connectivity index is 3.01. The van der Waals surface area contributed by atoms with Crippen LogP contribution in [0.2, 0.25) is 0 Å². The first kappa shape index (κ1) is 9.64. The van der Waals surface area contributed by atoms with E-state index in [1.165, 1.54) is 12.4 Å². The number of aromatic nitrogens is 2. The van der Waals surface area contributed by atoms with Crippen molar-refractivity contribution in [2.75, 3.05) is 0 Å². The summed E-state index contributed by atoms with van der Waals surface area (Å²) in [7, 11) is 0. The molecule has 0 unspecified atom stereocenters. The van der Waals surface area contributed by atoms with Gasteiger partial charge in [0, 0.05) is 17.8 Å². The van der Waals surface area contributed by atoms with Crippen molar-refractivity contribution in [3.8, 4) is 0 Å². The molecule has 0 aliphatic rings. The van der Waals surface area contributed by atoms with Gasteiger partial charge in [0.2, 0.25) is 0 Å². The molecule has 0 spiro atoms. The van der Waals surface area contributed by atoms with Crippen LogP contribution in [0.1, 0.15) is 37.0 Å². The topological polar surface area (TPSA) is 68.9 Å². The number of nitrogens with two attached hydrogens (primary N) is 1. The van der Waals surface area contributed by atoms with E-state index < -0.39 is 5.91 Å². The van der Waals surface area contributed by atoms with Gasteiger partial charge in [-0.05, 0) is 0 Å². The van der Waals surface area contributed by atoms with E-state index in [-0.39, 0.29) is 5.41 Å². The van der Waals surface area contributed by atoms with Crippen LogP contribution < -0.4 is 5.73 Å². The predicted octanol–water partition coefficient (Wildman–Crippen LogP) is 0.873. The molecule has 4 nitrogen and oxygen atoms in total. The number of hydrogen-bond donors (Lipinski definition) is 1. The fraction of sp³-hybridized carbons (Fsp3) is 0.444. The lowest BCUT2D eigenvalue weighted by Crippen LogP contribution is -2.18. The van der Waals surface area contributed by atoms with Crippen molar-refractivity contribution in [3.63, 3.8) is 0 Å². The van der Waals surface area contributed by atoms with Crippen molar-refractivity contribution in [2.45, 2.75) is 26.2 Å². The molecule has 0 aliphatic heterocycles. The summed E-state index contributed by atoms with van der Waals surface area (Å²) in [6.07, 6.45) is 2.91. The van der Waals surface area contributed by atoms with Crippen LogP contribution in [0.4, 0.5) is 0 Å². The first-order valence-electron chi connectivity index (χ1n) is 4.03. The molecule has 1 heterocycles. The smallest absolute Gasteiger partial charge is 0.251 e. The van der Waals surface area contributed by atoms with Crippen LogP contribution >= 0.6 is 0 Å². The molecular formula is C9H13N3O. The Morgan fingerprint density at radius 2 is 1.77 bits per heavy atom. The first-order valence-corrected chi connectivity index (χ1v) is 4.03. The molecule has 13 heavy (non-hydrogen) atoms. The molecule has 4 heteroatoms. The van der Waals surface area contributed by atoms with Crippen LogP contribution in [-0.4, -0.2) is 15.9 Å². The monoisotopic (exact) mass is 179 g/mol. The van der Waals surface area contributed by atoms with Gasteiger partial charge >= 0.3 is 0 Å². The van der Waals surface area contributed by atoms with Crippen molar-refractivity contribution in [1.29, 1.82) is 0 Å². The van der Waals surface area contributed by atoms with Gasteiger partial charge in [-0.15, -0.1) is 0 Å². The fourth-order valence-corrected chi connectivity index (χ4v) is 0.843. The van der Waals surface area contributed by atoms with Crippen LogP contribution in [0.3, 0.4) is 0 Å². The summed E-state index contributed by atoms with van der Waals surface area (Å²) in [5.41, 5.74) is 5.29. The third kappa shape index (κ3) is 2.24. The zero-order valence-corrected chi connectivity index (χ0v) is 8.03. The van der Waals surface area contributed by atoms with Crippen molar-refractivity contribution >= 4 is 5.91 Å². The van der Waals surface area contributed by atoms with E-state index in [1.807, 2.05) is 20.8 Å². The molecule has 1 amide bonds. The van der Waals surface area contributed by atoms with E-state index in [0.717, 1.165) is 0 Å². The van der Waals surface area contributed by atoms with Crippen LogP contribution in [0.15, 0.2) is 12.4 Å². The number of rotatable bonds is 1. The van der Waals surface area contributed by atoms with E-state index in [0.29, 0.717) is 11.4 Å². The summed E-state index contributed by atoms with van der Waals surface area (Å²) < 4.78 is 0. The normalized spacial score (nSPS) is 11.3. The summed E-state index contributed by atoms with van der Waals surface area (Å²) in [6.45, 7) is 6.02. The van der Waals surface area contributed by atoms with E-state index in [4.69, 9.17) is 5.73 Å². The average Bonchev–Trinajstić information content (AvgIpc) is 2.03. The van der Waals surface area contributed by atoms with Crippen molar-refractivity contribution in [3.05, 3.63) is 23.8 Å². The van der Waals surface area contributed by atoms with Crippen LogP contribution in [0.5, 0.6) is 0 Å². The molecule has 0 saturated carbocycles. The maximum atomic E-state index is 10.7. The van der Waals surface area contributed by atoms with E-state index >= 15 is 0 Å². The highest BCUT2D eigenvalue weighted by molar-refractivity contribution is 5.92. The van der Waals surface area contributed by atoms with Gasteiger partial charge in [-0.2, -0.15) is 0 Å². The average molecular weight is 179 g/mol. The lowest BCUT2D eigenvalue weighted by Gasteiger charge is -2.15. The number of primary amides is 1. The minimum absolute atomic E-state index is 0.101. The second kappa shape index (κ2) is 3.12. The standard InChI is InChI=1S/C9H13N3O/c1-9(2,3)8-11-4-6(5-12-8)7(10)13/h4-5H,1-3H3,(H2,10,13). The Bertz CT molecular complexity index is 311. The van der Waals surface area contributed by atoms with Crippen LogP contribution in [0, 0.1) is 0 Å². The van der Waals surface area contributed by atoms with E-state index in [9.17, 15) is 4.79 Å².